The van der Waals surface area contributed by atoms with Gasteiger partial charge in [0, 0.05) is 28.3 Å². The largest absolute Gasteiger partial charge is 0.496 e. The molecule has 4 rings (SSSR count). The molecule has 0 radical (unpaired) electrons. The first kappa shape index (κ1) is 21.9. The quantitative estimate of drug-likeness (QED) is 0.200. The van der Waals surface area contributed by atoms with Crippen LogP contribution in [0.1, 0.15) is 5.69 Å². The van der Waals surface area contributed by atoms with Crippen LogP contribution in [-0.4, -0.2) is 26.9 Å². The van der Waals surface area contributed by atoms with Crippen LogP contribution in [0, 0.1) is 0 Å². The lowest BCUT2D eigenvalue weighted by atomic mass is 10.2. The second-order valence-corrected chi connectivity index (χ2v) is 9.11. The van der Waals surface area contributed by atoms with Gasteiger partial charge in [-0.3, -0.25) is 4.57 Å². The Balaban J connectivity index is 1.59. The average molecular weight is 489 g/mol. The zero-order chi connectivity index (χ0) is 21.8. The third-order valence-corrected chi connectivity index (χ3v) is 6.93. The molecule has 0 spiro atoms. The molecule has 2 heterocycles. The highest BCUT2D eigenvalue weighted by Crippen LogP contribution is 2.35. The first-order valence-electron chi connectivity index (χ1n) is 9.30. The number of halogens is 2. The number of rotatable bonds is 8. The van der Waals surface area contributed by atoms with Gasteiger partial charge >= 0.3 is 0 Å². The molecule has 0 aliphatic rings. The Morgan fingerprint density at radius 3 is 2.77 bits per heavy atom. The molecule has 31 heavy (non-hydrogen) atoms. The number of methoxy groups -OCH3 is 1. The van der Waals surface area contributed by atoms with Gasteiger partial charge in [0.25, 0.3) is 0 Å². The fourth-order valence-corrected chi connectivity index (χ4v) is 5.27. The van der Waals surface area contributed by atoms with Crippen LogP contribution in [0.3, 0.4) is 0 Å². The summed E-state index contributed by atoms with van der Waals surface area (Å²) >= 11 is 15.7. The molecule has 0 fully saturated rings. The highest BCUT2D eigenvalue weighted by molar-refractivity contribution is 7.98. The van der Waals surface area contributed by atoms with E-state index in [2.05, 4.69) is 16.8 Å². The molecular weight excluding hydrogens is 471 g/mol. The number of thiazole rings is 1. The van der Waals surface area contributed by atoms with E-state index >= 15 is 0 Å². The molecule has 0 aliphatic heterocycles. The third kappa shape index (κ3) is 4.80. The molecule has 0 atom stereocenters. The van der Waals surface area contributed by atoms with Crippen molar-refractivity contribution < 1.29 is 4.74 Å². The van der Waals surface area contributed by atoms with E-state index in [0.29, 0.717) is 33.9 Å². The van der Waals surface area contributed by atoms with Gasteiger partial charge in [0.1, 0.15) is 10.8 Å². The summed E-state index contributed by atoms with van der Waals surface area (Å²) < 4.78 is 7.48. The van der Waals surface area contributed by atoms with Crippen LogP contribution in [0.25, 0.3) is 22.0 Å². The van der Waals surface area contributed by atoms with Crippen molar-refractivity contribution in [3.05, 3.63) is 76.2 Å². The van der Waals surface area contributed by atoms with Gasteiger partial charge < -0.3 is 4.74 Å². The van der Waals surface area contributed by atoms with Crippen molar-refractivity contribution >= 4 is 46.3 Å². The van der Waals surface area contributed by atoms with Crippen LogP contribution in [0.4, 0.5) is 0 Å². The van der Waals surface area contributed by atoms with Crippen LogP contribution in [-0.2, 0) is 12.3 Å². The number of benzene rings is 2. The van der Waals surface area contributed by atoms with Crippen molar-refractivity contribution in [3.63, 3.8) is 0 Å². The van der Waals surface area contributed by atoms with Crippen LogP contribution in [0.5, 0.6) is 5.75 Å². The number of hydrogen-bond donors (Lipinski definition) is 0. The molecular formula is C22H18Cl2N4OS2. The molecule has 0 saturated heterocycles. The summed E-state index contributed by atoms with van der Waals surface area (Å²) in [5, 5.41) is 13.8. The minimum atomic E-state index is 0.558. The smallest absolute Gasteiger partial charge is 0.192 e. The molecule has 2 aromatic heterocycles. The highest BCUT2D eigenvalue weighted by atomic mass is 35.5. The van der Waals surface area contributed by atoms with Crippen molar-refractivity contribution in [3.8, 4) is 27.7 Å². The van der Waals surface area contributed by atoms with Crippen LogP contribution >= 0.6 is 46.3 Å². The minimum absolute atomic E-state index is 0.558. The van der Waals surface area contributed by atoms with E-state index in [0.717, 1.165) is 27.0 Å². The Kier molecular flexibility index (Phi) is 6.97. The number of hydrogen-bond acceptors (Lipinski definition) is 6. The van der Waals surface area contributed by atoms with Crippen LogP contribution < -0.4 is 4.74 Å². The first-order chi connectivity index (χ1) is 15.1. The molecule has 5 nitrogen and oxygen atoms in total. The monoisotopic (exact) mass is 488 g/mol. The Morgan fingerprint density at radius 2 is 2.00 bits per heavy atom. The lowest BCUT2D eigenvalue weighted by Gasteiger charge is -2.11. The first-order valence-corrected chi connectivity index (χ1v) is 11.9. The van der Waals surface area contributed by atoms with E-state index in [1.165, 1.54) is 0 Å². The van der Waals surface area contributed by atoms with Gasteiger partial charge in [0.05, 0.1) is 23.4 Å². The second-order valence-electron chi connectivity index (χ2n) is 6.46. The van der Waals surface area contributed by atoms with Gasteiger partial charge in [-0.15, -0.1) is 28.1 Å². The van der Waals surface area contributed by atoms with E-state index in [4.69, 9.17) is 32.9 Å². The van der Waals surface area contributed by atoms with Crippen molar-refractivity contribution in [1.82, 2.24) is 19.7 Å². The van der Waals surface area contributed by atoms with Crippen molar-refractivity contribution in [2.45, 2.75) is 17.5 Å². The Hall–Kier alpha value is -2.32. The van der Waals surface area contributed by atoms with E-state index in [1.54, 1.807) is 36.3 Å². The number of nitrogens with zero attached hydrogens (tertiary/aromatic N) is 4. The van der Waals surface area contributed by atoms with Gasteiger partial charge in [-0.1, -0.05) is 59.2 Å². The fraction of sp³-hybridized carbons (Fsp3) is 0.136. The number of thioether (sulfide) groups is 1. The summed E-state index contributed by atoms with van der Waals surface area (Å²) in [4.78, 5) is 4.73. The molecule has 4 aromatic rings. The predicted molar refractivity (Wildman–Crippen MR) is 129 cm³/mol. The van der Waals surface area contributed by atoms with Crippen LogP contribution in [0.2, 0.25) is 10.0 Å². The summed E-state index contributed by atoms with van der Waals surface area (Å²) in [5.74, 6) is 2.02. The van der Waals surface area contributed by atoms with Gasteiger partial charge in [-0.2, -0.15) is 0 Å². The summed E-state index contributed by atoms with van der Waals surface area (Å²) in [6.45, 7) is 4.43. The molecule has 0 amide bonds. The van der Waals surface area contributed by atoms with E-state index in [-0.39, 0.29) is 0 Å². The molecule has 0 aliphatic carbocycles. The SMILES string of the molecule is C=CCn1c(SCc2csc(-c3ccccc3Cl)n2)nnc1-c1cc(Cl)ccc1OC. The number of allylic oxidation sites excluding steroid dienone is 1. The normalized spacial score (nSPS) is 10.9. The van der Waals surface area contributed by atoms with E-state index < -0.39 is 0 Å². The number of aromatic nitrogens is 4. The second kappa shape index (κ2) is 9.87. The van der Waals surface area contributed by atoms with Gasteiger partial charge in [0.2, 0.25) is 0 Å². The summed E-state index contributed by atoms with van der Waals surface area (Å²) in [5.41, 5.74) is 2.68. The fourth-order valence-electron chi connectivity index (χ4n) is 3.01. The van der Waals surface area contributed by atoms with Gasteiger partial charge in [-0.25, -0.2) is 4.98 Å². The predicted octanol–water partition coefficient (Wildman–Crippen LogP) is 6.86. The summed E-state index contributed by atoms with van der Waals surface area (Å²) in [6, 6.07) is 13.2. The average Bonchev–Trinajstić information content (AvgIpc) is 3.40. The van der Waals surface area contributed by atoms with Gasteiger partial charge in [-0.05, 0) is 24.3 Å². The van der Waals surface area contributed by atoms with Crippen molar-refractivity contribution in [1.29, 1.82) is 0 Å². The van der Waals surface area contributed by atoms with Crippen molar-refractivity contribution in [2.24, 2.45) is 0 Å². The Bertz CT molecular complexity index is 1220. The lowest BCUT2D eigenvalue weighted by Crippen LogP contribution is -2.02. The number of ether oxygens (including phenoxy) is 1. The maximum absolute atomic E-state index is 6.30. The van der Waals surface area contributed by atoms with Crippen molar-refractivity contribution in [2.75, 3.05) is 7.11 Å². The van der Waals surface area contributed by atoms with Crippen LogP contribution in [0.15, 0.2) is 65.7 Å². The molecule has 0 N–H and O–H groups in total. The molecule has 0 saturated carbocycles. The molecule has 2 aromatic carbocycles. The zero-order valence-corrected chi connectivity index (χ0v) is 19.7. The van der Waals surface area contributed by atoms with E-state index in [1.807, 2.05) is 52.4 Å². The van der Waals surface area contributed by atoms with E-state index in [9.17, 15) is 0 Å². The Morgan fingerprint density at radius 1 is 1.16 bits per heavy atom. The molecule has 9 heteroatoms. The lowest BCUT2D eigenvalue weighted by molar-refractivity contribution is 0.416. The topological polar surface area (TPSA) is 52.8 Å². The maximum atomic E-state index is 6.30. The summed E-state index contributed by atoms with van der Waals surface area (Å²) in [7, 11) is 1.62. The molecule has 0 unspecified atom stereocenters. The van der Waals surface area contributed by atoms with Gasteiger partial charge in [0.15, 0.2) is 11.0 Å². The molecule has 158 valence electrons. The zero-order valence-electron chi connectivity index (χ0n) is 16.6. The minimum Gasteiger partial charge on any atom is -0.496 e. The standard InChI is InChI=1S/C22H18Cl2N4OS2/c1-3-10-28-20(17-11-14(23)8-9-19(17)29-2)26-27-22(28)31-13-15-12-30-21(25-15)16-6-4-5-7-18(16)24/h3-9,11-12H,1,10,13H2,2H3. The summed E-state index contributed by atoms with van der Waals surface area (Å²) in [6.07, 6.45) is 1.81. The highest BCUT2D eigenvalue weighted by Gasteiger charge is 2.18. The Labute approximate surface area is 198 Å². The third-order valence-electron chi connectivity index (χ3n) is 4.44. The molecule has 0 bridgehead atoms. The maximum Gasteiger partial charge on any atom is 0.192 e.